The van der Waals surface area contributed by atoms with E-state index in [1.807, 2.05) is 30.1 Å². The Morgan fingerprint density at radius 2 is 2.10 bits per heavy atom. The molecule has 0 heterocycles. The fourth-order valence-electron chi connectivity index (χ4n) is 1.79. The van der Waals surface area contributed by atoms with Crippen LogP contribution in [0.15, 0.2) is 23.2 Å². The molecule has 112 valence electrons. The molecule has 1 N–H and O–H groups in total. The van der Waals surface area contributed by atoms with Gasteiger partial charge in [0.05, 0.1) is 10.0 Å². The van der Waals surface area contributed by atoms with Gasteiger partial charge in [-0.15, -0.1) is 0 Å². The maximum Gasteiger partial charge on any atom is 0.193 e. The van der Waals surface area contributed by atoms with Crippen molar-refractivity contribution in [2.75, 3.05) is 34.4 Å². The zero-order valence-electron chi connectivity index (χ0n) is 12.1. The maximum absolute atomic E-state index is 6.02. The minimum Gasteiger partial charge on any atom is -0.385 e. The van der Waals surface area contributed by atoms with Crippen LogP contribution in [0.3, 0.4) is 0 Å². The van der Waals surface area contributed by atoms with Gasteiger partial charge in [0.15, 0.2) is 5.96 Å². The second kappa shape index (κ2) is 9.06. The minimum absolute atomic E-state index is 0.570. The summed E-state index contributed by atoms with van der Waals surface area (Å²) in [5.41, 5.74) is 1.08. The van der Waals surface area contributed by atoms with E-state index in [-0.39, 0.29) is 0 Å². The smallest absolute Gasteiger partial charge is 0.193 e. The number of nitrogens with zero attached hydrogens (tertiary/aromatic N) is 2. The summed E-state index contributed by atoms with van der Waals surface area (Å²) in [5, 5.41) is 4.43. The van der Waals surface area contributed by atoms with Gasteiger partial charge in [-0.3, -0.25) is 4.99 Å². The summed E-state index contributed by atoms with van der Waals surface area (Å²) in [6.07, 6.45) is 0.941. The summed E-state index contributed by atoms with van der Waals surface area (Å²) < 4.78 is 5.02. The standard InChI is InChI=1S/C14H21Cl2N3O/c1-17-14(18-7-4-8-20-3)19(2)10-11-5-6-12(15)13(16)9-11/h5-6,9H,4,7-8,10H2,1-3H3,(H,17,18). The summed E-state index contributed by atoms with van der Waals surface area (Å²) in [7, 11) is 5.45. The molecule has 0 spiro atoms. The molecule has 1 aromatic rings. The molecule has 0 bridgehead atoms. The van der Waals surface area contributed by atoms with Crippen LogP contribution in [-0.4, -0.2) is 45.2 Å². The molecule has 0 atom stereocenters. The summed E-state index contributed by atoms with van der Waals surface area (Å²) in [5.74, 6) is 0.840. The van der Waals surface area contributed by atoms with Gasteiger partial charge in [0.1, 0.15) is 0 Å². The minimum atomic E-state index is 0.570. The van der Waals surface area contributed by atoms with Crippen LogP contribution in [0.4, 0.5) is 0 Å². The first-order valence-electron chi connectivity index (χ1n) is 6.43. The van der Waals surface area contributed by atoms with Crippen molar-refractivity contribution in [1.29, 1.82) is 0 Å². The quantitative estimate of drug-likeness (QED) is 0.498. The van der Waals surface area contributed by atoms with Crippen LogP contribution in [0.5, 0.6) is 0 Å². The molecule has 0 saturated heterocycles. The van der Waals surface area contributed by atoms with Crippen LogP contribution >= 0.6 is 23.2 Å². The van der Waals surface area contributed by atoms with Crippen molar-refractivity contribution in [1.82, 2.24) is 10.2 Å². The van der Waals surface area contributed by atoms with Gasteiger partial charge in [-0.1, -0.05) is 29.3 Å². The van der Waals surface area contributed by atoms with Crippen molar-refractivity contribution in [2.45, 2.75) is 13.0 Å². The highest BCUT2D eigenvalue weighted by molar-refractivity contribution is 6.42. The number of rotatable bonds is 6. The molecular formula is C14H21Cl2N3O. The topological polar surface area (TPSA) is 36.9 Å². The first-order valence-corrected chi connectivity index (χ1v) is 7.18. The Balaban J connectivity index is 2.54. The average Bonchev–Trinajstić information content (AvgIpc) is 2.43. The van der Waals surface area contributed by atoms with E-state index in [9.17, 15) is 0 Å². The summed E-state index contributed by atoms with van der Waals surface area (Å²) in [6.45, 7) is 2.27. The van der Waals surface area contributed by atoms with E-state index in [2.05, 4.69) is 10.3 Å². The Morgan fingerprint density at radius 3 is 2.70 bits per heavy atom. The van der Waals surface area contributed by atoms with E-state index in [4.69, 9.17) is 27.9 Å². The molecular weight excluding hydrogens is 297 g/mol. The van der Waals surface area contributed by atoms with Crippen molar-refractivity contribution in [2.24, 2.45) is 4.99 Å². The third kappa shape index (κ3) is 5.57. The first kappa shape index (κ1) is 17.1. The molecule has 6 heteroatoms. The third-order valence-corrected chi connectivity index (χ3v) is 3.52. The van der Waals surface area contributed by atoms with Gasteiger partial charge >= 0.3 is 0 Å². The Labute approximate surface area is 130 Å². The Morgan fingerprint density at radius 1 is 1.35 bits per heavy atom. The highest BCUT2D eigenvalue weighted by Gasteiger charge is 2.07. The van der Waals surface area contributed by atoms with E-state index in [0.29, 0.717) is 16.6 Å². The zero-order chi connectivity index (χ0) is 15.0. The fraction of sp³-hybridized carbons (Fsp3) is 0.500. The summed E-state index contributed by atoms with van der Waals surface area (Å²) in [4.78, 5) is 6.29. The van der Waals surface area contributed by atoms with Crippen LogP contribution < -0.4 is 5.32 Å². The second-order valence-corrected chi connectivity index (χ2v) is 5.24. The lowest BCUT2D eigenvalue weighted by Crippen LogP contribution is -2.39. The number of aliphatic imine (C=N–C) groups is 1. The number of benzene rings is 1. The monoisotopic (exact) mass is 317 g/mol. The molecule has 0 amide bonds. The number of ether oxygens (including phenoxy) is 1. The van der Waals surface area contributed by atoms with Gasteiger partial charge in [0, 0.05) is 40.9 Å². The van der Waals surface area contributed by atoms with Crippen molar-refractivity contribution in [3.8, 4) is 0 Å². The molecule has 0 aliphatic rings. The van der Waals surface area contributed by atoms with Gasteiger partial charge in [-0.25, -0.2) is 0 Å². The number of methoxy groups -OCH3 is 1. The molecule has 0 aliphatic heterocycles. The highest BCUT2D eigenvalue weighted by Crippen LogP contribution is 2.23. The van der Waals surface area contributed by atoms with Gasteiger partial charge < -0.3 is 15.0 Å². The molecule has 0 fully saturated rings. The predicted molar refractivity (Wildman–Crippen MR) is 85.8 cm³/mol. The zero-order valence-corrected chi connectivity index (χ0v) is 13.6. The van der Waals surface area contributed by atoms with Crippen LogP contribution in [0, 0.1) is 0 Å². The van der Waals surface area contributed by atoms with Crippen LogP contribution in [0.25, 0.3) is 0 Å². The normalized spacial score (nSPS) is 11.6. The van der Waals surface area contributed by atoms with E-state index in [0.717, 1.165) is 31.1 Å². The summed E-state index contributed by atoms with van der Waals surface area (Å²) in [6, 6.07) is 5.64. The van der Waals surface area contributed by atoms with Crippen LogP contribution in [0.2, 0.25) is 10.0 Å². The van der Waals surface area contributed by atoms with Gasteiger partial charge in [-0.05, 0) is 24.1 Å². The number of halogens is 2. The SMILES string of the molecule is CN=C(NCCCOC)N(C)Cc1ccc(Cl)c(Cl)c1. The molecule has 0 radical (unpaired) electrons. The van der Waals surface area contributed by atoms with E-state index in [1.54, 1.807) is 14.2 Å². The van der Waals surface area contributed by atoms with Gasteiger partial charge in [-0.2, -0.15) is 0 Å². The molecule has 0 saturated carbocycles. The highest BCUT2D eigenvalue weighted by atomic mass is 35.5. The van der Waals surface area contributed by atoms with Gasteiger partial charge in [0.2, 0.25) is 0 Å². The molecule has 0 aromatic heterocycles. The predicted octanol–water partition coefficient (Wildman–Crippen LogP) is 3.04. The summed E-state index contributed by atoms with van der Waals surface area (Å²) >= 11 is 11.9. The lowest BCUT2D eigenvalue weighted by molar-refractivity contribution is 0.195. The number of nitrogens with one attached hydrogen (secondary N) is 1. The van der Waals surface area contributed by atoms with E-state index in [1.165, 1.54) is 0 Å². The Kier molecular flexibility index (Phi) is 7.73. The van der Waals surface area contributed by atoms with Gasteiger partial charge in [0.25, 0.3) is 0 Å². The van der Waals surface area contributed by atoms with Crippen LogP contribution in [0.1, 0.15) is 12.0 Å². The van der Waals surface area contributed by atoms with Crippen molar-refractivity contribution < 1.29 is 4.74 Å². The average molecular weight is 318 g/mol. The first-order chi connectivity index (χ1) is 9.58. The molecule has 20 heavy (non-hydrogen) atoms. The maximum atomic E-state index is 6.02. The van der Waals surface area contributed by atoms with E-state index >= 15 is 0 Å². The Bertz CT molecular complexity index is 452. The number of hydrogen-bond acceptors (Lipinski definition) is 2. The largest absolute Gasteiger partial charge is 0.385 e. The van der Waals surface area contributed by atoms with Crippen molar-refractivity contribution in [3.63, 3.8) is 0 Å². The second-order valence-electron chi connectivity index (χ2n) is 4.42. The van der Waals surface area contributed by atoms with Crippen LogP contribution in [-0.2, 0) is 11.3 Å². The lowest BCUT2D eigenvalue weighted by atomic mass is 10.2. The van der Waals surface area contributed by atoms with Crippen molar-refractivity contribution in [3.05, 3.63) is 33.8 Å². The molecule has 1 rings (SSSR count). The Hall–Kier alpha value is -0.970. The molecule has 4 nitrogen and oxygen atoms in total. The number of hydrogen-bond donors (Lipinski definition) is 1. The van der Waals surface area contributed by atoms with Crippen molar-refractivity contribution >= 4 is 29.2 Å². The number of guanidine groups is 1. The lowest BCUT2D eigenvalue weighted by Gasteiger charge is -2.22. The third-order valence-electron chi connectivity index (χ3n) is 2.79. The fourth-order valence-corrected chi connectivity index (χ4v) is 2.11. The molecule has 1 aromatic carbocycles. The van der Waals surface area contributed by atoms with E-state index < -0.39 is 0 Å². The molecule has 0 aliphatic carbocycles. The molecule has 0 unspecified atom stereocenters.